The van der Waals surface area contributed by atoms with E-state index in [0.29, 0.717) is 32.0 Å². The number of benzene rings is 1. The molecule has 142 valence electrons. The van der Waals surface area contributed by atoms with Crippen molar-refractivity contribution < 1.29 is 19.4 Å². The van der Waals surface area contributed by atoms with Crippen LogP contribution in [-0.2, 0) is 20.7 Å². The lowest BCUT2D eigenvalue weighted by molar-refractivity contribution is -0.139. The van der Waals surface area contributed by atoms with Gasteiger partial charge in [0.25, 0.3) is 0 Å². The van der Waals surface area contributed by atoms with Crippen LogP contribution in [0.2, 0.25) is 0 Å². The van der Waals surface area contributed by atoms with Gasteiger partial charge in [0, 0.05) is 30.8 Å². The molecule has 7 nitrogen and oxygen atoms in total. The summed E-state index contributed by atoms with van der Waals surface area (Å²) >= 11 is 0. The first-order chi connectivity index (χ1) is 12.4. The average Bonchev–Trinajstić information content (AvgIpc) is 2.62. The zero-order valence-electron chi connectivity index (χ0n) is 15.2. The van der Waals surface area contributed by atoms with E-state index in [9.17, 15) is 14.7 Å². The van der Waals surface area contributed by atoms with Gasteiger partial charge in [0.15, 0.2) is 0 Å². The molecule has 0 aromatic heterocycles. The molecule has 0 saturated carbocycles. The predicted octanol–water partition coefficient (Wildman–Crippen LogP) is 0.734. The molecular formula is C19H27N3O4. The third kappa shape index (κ3) is 4.34. The third-order valence-electron chi connectivity index (χ3n) is 4.78. The molecule has 7 heteroatoms. The summed E-state index contributed by atoms with van der Waals surface area (Å²) in [5.74, 6) is -0.884. The summed E-state index contributed by atoms with van der Waals surface area (Å²) in [6, 6.07) is 6.09. The zero-order valence-corrected chi connectivity index (χ0v) is 15.2. The zero-order chi connectivity index (χ0) is 18.7. The van der Waals surface area contributed by atoms with E-state index >= 15 is 0 Å². The Morgan fingerprint density at radius 1 is 1.31 bits per heavy atom. The average molecular weight is 361 g/mol. The topological polar surface area (TPSA) is 99.7 Å². The molecule has 2 bridgehead atoms. The van der Waals surface area contributed by atoms with Gasteiger partial charge in [0.1, 0.15) is 0 Å². The fourth-order valence-corrected chi connectivity index (χ4v) is 3.30. The summed E-state index contributed by atoms with van der Waals surface area (Å²) in [6.07, 6.45) is 0.909. The van der Waals surface area contributed by atoms with Crippen molar-refractivity contribution in [3.63, 3.8) is 0 Å². The van der Waals surface area contributed by atoms with Crippen molar-refractivity contribution in [2.75, 3.05) is 25.0 Å². The number of hydrogen-bond acceptors (Lipinski definition) is 5. The van der Waals surface area contributed by atoms with Gasteiger partial charge in [-0.1, -0.05) is 26.0 Å². The SMILES string of the molecule is CC(C)CNC(=O)C(=O)NCCc1ccc2c(c1)[C@H]1C[C@H](N2)[C@H](O)CO1. The van der Waals surface area contributed by atoms with E-state index in [1.54, 1.807) is 0 Å². The number of anilines is 1. The normalized spacial score (nSPS) is 23.8. The van der Waals surface area contributed by atoms with E-state index in [4.69, 9.17) is 4.74 Å². The second-order valence-corrected chi connectivity index (χ2v) is 7.41. The lowest BCUT2D eigenvalue weighted by Gasteiger charge is -2.40. The number of fused-ring (bicyclic) bond motifs is 4. The monoisotopic (exact) mass is 361 g/mol. The molecule has 1 aromatic carbocycles. The molecule has 26 heavy (non-hydrogen) atoms. The molecule has 0 aliphatic carbocycles. The molecule has 3 rings (SSSR count). The molecule has 2 aliphatic heterocycles. The van der Waals surface area contributed by atoms with Crippen LogP contribution in [0, 0.1) is 5.92 Å². The Labute approximate surface area is 153 Å². The van der Waals surface area contributed by atoms with Gasteiger partial charge in [-0.15, -0.1) is 0 Å². The molecule has 4 N–H and O–H groups in total. The summed E-state index contributed by atoms with van der Waals surface area (Å²) in [7, 11) is 0. The molecular weight excluding hydrogens is 334 g/mol. The van der Waals surface area contributed by atoms with E-state index in [-0.39, 0.29) is 12.1 Å². The standard InChI is InChI=1S/C19H27N3O4/c1-11(2)9-21-19(25)18(24)20-6-5-12-3-4-14-13(7-12)17-8-15(22-14)16(23)10-26-17/h3-4,7,11,15-17,22-23H,5-6,8-10H2,1-2H3,(H,20,24)(H,21,25)/t15-,16+,17+/m0/s1. The van der Waals surface area contributed by atoms with Gasteiger partial charge in [-0.05, 0) is 24.0 Å². The fraction of sp³-hybridized carbons (Fsp3) is 0.579. The van der Waals surface area contributed by atoms with E-state index in [1.165, 1.54) is 0 Å². The van der Waals surface area contributed by atoms with Crippen LogP contribution in [0.15, 0.2) is 18.2 Å². The van der Waals surface area contributed by atoms with Crippen molar-refractivity contribution in [1.82, 2.24) is 10.6 Å². The van der Waals surface area contributed by atoms with Crippen molar-refractivity contribution in [2.24, 2.45) is 5.92 Å². The molecule has 1 fully saturated rings. The second-order valence-electron chi connectivity index (χ2n) is 7.41. The highest BCUT2D eigenvalue weighted by Gasteiger charge is 2.36. The number of nitrogens with one attached hydrogen (secondary N) is 3. The highest BCUT2D eigenvalue weighted by atomic mass is 16.5. The van der Waals surface area contributed by atoms with Gasteiger partial charge in [-0.25, -0.2) is 0 Å². The van der Waals surface area contributed by atoms with Gasteiger partial charge in [0.2, 0.25) is 0 Å². The maximum absolute atomic E-state index is 11.8. The Balaban J connectivity index is 1.52. The molecule has 2 heterocycles. The second kappa shape index (κ2) is 8.05. The molecule has 1 aromatic rings. The van der Waals surface area contributed by atoms with Gasteiger partial charge >= 0.3 is 11.8 Å². The number of amides is 2. The molecule has 2 amide bonds. The first kappa shape index (κ1) is 18.7. The number of ether oxygens (including phenoxy) is 1. The minimum atomic E-state index is -0.599. The molecule has 0 spiro atoms. The van der Waals surface area contributed by atoms with Crippen molar-refractivity contribution in [1.29, 1.82) is 0 Å². The van der Waals surface area contributed by atoms with Gasteiger partial charge in [-0.3, -0.25) is 9.59 Å². The molecule has 0 radical (unpaired) electrons. The van der Waals surface area contributed by atoms with Gasteiger partial charge < -0.3 is 25.8 Å². The Hall–Kier alpha value is -2.12. The molecule has 1 saturated heterocycles. The van der Waals surface area contributed by atoms with Crippen LogP contribution in [0.4, 0.5) is 5.69 Å². The summed E-state index contributed by atoms with van der Waals surface area (Å²) in [4.78, 5) is 23.4. The van der Waals surface area contributed by atoms with Gasteiger partial charge in [-0.2, -0.15) is 0 Å². The first-order valence-electron chi connectivity index (χ1n) is 9.19. The Kier molecular flexibility index (Phi) is 5.78. The van der Waals surface area contributed by atoms with Crippen molar-refractivity contribution in [2.45, 2.75) is 44.9 Å². The van der Waals surface area contributed by atoms with Crippen molar-refractivity contribution in [3.05, 3.63) is 29.3 Å². The molecule has 2 aliphatic rings. The quantitative estimate of drug-likeness (QED) is 0.580. The summed E-state index contributed by atoms with van der Waals surface area (Å²) in [5.41, 5.74) is 3.15. The highest BCUT2D eigenvalue weighted by molar-refractivity contribution is 6.35. The third-order valence-corrected chi connectivity index (χ3v) is 4.78. The number of hydrogen-bond donors (Lipinski definition) is 4. The van der Waals surface area contributed by atoms with Crippen molar-refractivity contribution in [3.8, 4) is 0 Å². The van der Waals surface area contributed by atoms with Gasteiger partial charge in [0.05, 0.1) is 24.9 Å². The number of carbonyl (C=O) groups excluding carboxylic acids is 2. The van der Waals surface area contributed by atoms with Crippen LogP contribution in [-0.4, -0.2) is 48.8 Å². The minimum absolute atomic E-state index is 0.00370. The lowest BCUT2D eigenvalue weighted by Crippen LogP contribution is -2.46. The lowest BCUT2D eigenvalue weighted by atomic mass is 9.89. The first-order valence-corrected chi connectivity index (χ1v) is 9.19. The Morgan fingerprint density at radius 2 is 2.08 bits per heavy atom. The largest absolute Gasteiger partial charge is 0.389 e. The Bertz CT molecular complexity index is 677. The smallest absolute Gasteiger partial charge is 0.309 e. The highest BCUT2D eigenvalue weighted by Crippen LogP contribution is 2.39. The van der Waals surface area contributed by atoms with Crippen LogP contribution in [0.5, 0.6) is 0 Å². The van der Waals surface area contributed by atoms with E-state index in [0.717, 1.165) is 23.2 Å². The van der Waals surface area contributed by atoms with Crippen molar-refractivity contribution >= 4 is 17.5 Å². The molecule has 3 atom stereocenters. The van der Waals surface area contributed by atoms with E-state index in [1.807, 2.05) is 26.0 Å². The van der Waals surface area contributed by atoms with Crippen LogP contribution in [0.3, 0.4) is 0 Å². The summed E-state index contributed by atoms with van der Waals surface area (Å²) in [6.45, 7) is 5.17. The van der Waals surface area contributed by atoms with E-state index < -0.39 is 17.9 Å². The van der Waals surface area contributed by atoms with Crippen LogP contribution in [0.1, 0.15) is 37.5 Å². The maximum Gasteiger partial charge on any atom is 0.309 e. The van der Waals surface area contributed by atoms with Crippen LogP contribution >= 0.6 is 0 Å². The number of aliphatic hydroxyl groups is 1. The Morgan fingerprint density at radius 3 is 2.85 bits per heavy atom. The number of carbonyl (C=O) groups is 2. The number of aliphatic hydroxyl groups excluding tert-OH is 1. The summed E-state index contributed by atoms with van der Waals surface area (Å²) < 4.78 is 5.75. The predicted molar refractivity (Wildman–Crippen MR) is 97.7 cm³/mol. The van der Waals surface area contributed by atoms with Crippen LogP contribution < -0.4 is 16.0 Å². The van der Waals surface area contributed by atoms with Crippen LogP contribution in [0.25, 0.3) is 0 Å². The minimum Gasteiger partial charge on any atom is -0.389 e. The number of rotatable bonds is 5. The summed E-state index contributed by atoms with van der Waals surface area (Å²) in [5, 5.41) is 18.5. The fourth-order valence-electron chi connectivity index (χ4n) is 3.30. The van der Waals surface area contributed by atoms with E-state index in [2.05, 4.69) is 22.0 Å². The maximum atomic E-state index is 11.8. The molecule has 0 unspecified atom stereocenters.